The highest BCUT2D eigenvalue weighted by Crippen LogP contribution is 2.17. The van der Waals surface area contributed by atoms with Crippen LogP contribution in [0.15, 0.2) is 158 Å². The van der Waals surface area contributed by atoms with Crippen LogP contribution in [0.4, 0.5) is 4.79 Å². The molecule has 0 aliphatic carbocycles. The smallest absolute Gasteiger partial charge is 0.408 e. The quantitative estimate of drug-likeness (QED) is 0.0436. The molecule has 0 aliphatic rings. The molecule has 0 bridgehead atoms. The van der Waals surface area contributed by atoms with E-state index in [1.807, 2.05) is 66.7 Å². The van der Waals surface area contributed by atoms with Crippen LogP contribution in [0.25, 0.3) is 0 Å². The maximum absolute atomic E-state index is 14.7. The van der Waals surface area contributed by atoms with Gasteiger partial charge < -0.3 is 51.5 Å². The monoisotopic (exact) mass is 936 g/mol. The molecule has 17 heteroatoms. The standard InChI is InChI=1S/C52H56N8O9/c1-35(47(53)61)56-48(62)43(26-36-14-6-2-7-15-36)58-51(65)46(33-67-30-38-16-8-3-9-17-38)59-49(63)44(27-37-22-24-42(25-23-37)68-31-39-18-10-4-11-19-39)57-50(64)45(28-41-29-54-34-55-41)60-52(66)69-32-40-20-12-5-13-21-40/h2-25,29,34-35,43-46H,26-28,30-33H2,1H3,(H2,53,61)(H,54,55)(H,56,62)(H,57,64)(H,58,65)(H,59,63)(H,60,66)/t35-,43+,44+,45+,46+/m1/s1. The summed E-state index contributed by atoms with van der Waals surface area (Å²) in [6, 6.07) is 37.4. The third kappa shape index (κ3) is 16.8. The van der Waals surface area contributed by atoms with Crippen molar-refractivity contribution in [2.75, 3.05) is 6.61 Å². The average molecular weight is 937 g/mol. The van der Waals surface area contributed by atoms with Gasteiger partial charge >= 0.3 is 6.09 Å². The van der Waals surface area contributed by atoms with Gasteiger partial charge in [-0.1, -0.05) is 133 Å². The average Bonchev–Trinajstić information content (AvgIpc) is 3.89. The van der Waals surface area contributed by atoms with E-state index in [1.165, 1.54) is 19.4 Å². The second-order valence-electron chi connectivity index (χ2n) is 16.2. The molecule has 0 saturated carbocycles. The minimum absolute atomic E-state index is 0.0255. The number of nitrogens with two attached hydrogens (primary N) is 1. The highest BCUT2D eigenvalue weighted by atomic mass is 16.5. The zero-order chi connectivity index (χ0) is 48.8. The molecule has 6 amide bonds. The fourth-order valence-corrected chi connectivity index (χ4v) is 6.95. The Morgan fingerprint density at radius 3 is 1.49 bits per heavy atom. The van der Waals surface area contributed by atoms with E-state index in [0.717, 1.165) is 16.7 Å². The molecule has 5 aromatic carbocycles. The molecule has 6 aromatic rings. The Morgan fingerprint density at radius 2 is 0.971 bits per heavy atom. The number of hydrogen-bond acceptors (Lipinski definition) is 10. The number of amides is 6. The lowest BCUT2D eigenvalue weighted by molar-refractivity contribution is -0.135. The summed E-state index contributed by atoms with van der Waals surface area (Å²) >= 11 is 0. The zero-order valence-electron chi connectivity index (χ0n) is 38.0. The third-order valence-electron chi connectivity index (χ3n) is 10.8. The number of aromatic nitrogens is 2. The van der Waals surface area contributed by atoms with Crippen molar-refractivity contribution in [3.8, 4) is 5.75 Å². The van der Waals surface area contributed by atoms with Gasteiger partial charge in [-0.05, 0) is 46.9 Å². The van der Waals surface area contributed by atoms with Gasteiger partial charge in [0, 0.05) is 31.2 Å². The number of primary amides is 1. The number of nitrogens with zero attached hydrogens (tertiary/aromatic N) is 1. The van der Waals surface area contributed by atoms with Crippen molar-refractivity contribution in [1.82, 2.24) is 36.6 Å². The summed E-state index contributed by atoms with van der Waals surface area (Å²) in [5.41, 5.74) is 9.77. The topological polar surface area (TPSA) is 245 Å². The first-order valence-corrected chi connectivity index (χ1v) is 22.4. The molecule has 1 heterocycles. The van der Waals surface area contributed by atoms with Crippen LogP contribution >= 0.6 is 0 Å². The van der Waals surface area contributed by atoms with Gasteiger partial charge in [-0.3, -0.25) is 24.0 Å². The molecule has 69 heavy (non-hydrogen) atoms. The van der Waals surface area contributed by atoms with Crippen molar-refractivity contribution in [3.05, 3.63) is 192 Å². The fraction of sp³-hybridized carbons (Fsp3) is 0.250. The molecular formula is C52H56N8O9. The van der Waals surface area contributed by atoms with Crippen molar-refractivity contribution in [2.45, 2.75) is 76.2 Å². The van der Waals surface area contributed by atoms with Crippen LogP contribution in [0.2, 0.25) is 0 Å². The second-order valence-corrected chi connectivity index (χ2v) is 16.2. The molecule has 5 atom stereocenters. The van der Waals surface area contributed by atoms with E-state index < -0.39 is 65.8 Å². The summed E-state index contributed by atoms with van der Waals surface area (Å²) < 4.78 is 17.4. The molecule has 0 radical (unpaired) electrons. The molecule has 0 saturated heterocycles. The number of H-pyrrole nitrogens is 1. The van der Waals surface area contributed by atoms with E-state index in [0.29, 0.717) is 29.2 Å². The van der Waals surface area contributed by atoms with Crippen LogP contribution in [0.3, 0.4) is 0 Å². The normalized spacial score (nSPS) is 13.0. The minimum atomic E-state index is -1.42. The molecule has 0 spiro atoms. The van der Waals surface area contributed by atoms with Gasteiger partial charge in [0.25, 0.3) is 0 Å². The summed E-state index contributed by atoms with van der Waals surface area (Å²) in [5.74, 6) is -3.21. The van der Waals surface area contributed by atoms with Crippen LogP contribution in [0.5, 0.6) is 5.75 Å². The van der Waals surface area contributed by atoms with Crippen molar-refractivity contribution in [2.24, 2.45) is 5.73 Å². The van der Waals surface area contributed by atoms with E-state index in [9.17, 15) is 28.8 Å². The van der Waals surface area contributed by atoms with Gasteiger partial charge in [-0.25, -0.2) is 9.78 Å². The van der Waals surface area contributed by atoms with E-state index in [2.05, 4.69) is 36.6 Å². The largest absolute Gasteiger partial charge is 0.489 e. The van der Waals surface area contributed by atoms with Crippen molar-refractivity contribution < 1.29 is 43.0 Å². The van der Waals surface area contributed by atoms with Gasteiger partial charge in [0.15, 0.2) is 0 Å². The van der Waals surface area contributed by atoms with Crippen molar-refractivity contribution in [1.29, 1.82) is 0 Å². The van der Waals surface area contributed by atoms with Crippen LogP contribution in [0, 0.1) is 0 Å². The van der Waals surface area contributed by atoms with E-state index in [-0.39, 0.29) is 39.1 Å². The molecular weight excluding hydrogens is 881 g/mol. The Kier molecular flexibility index (Phi) is 19.0. The molecule has 0 fully saturated rings. The summed E-state index contributed by atoms with van der Waals surface area (Å²) in [5, 5.41) is 13.5. The Balaban J connectivity index is 1.25. The summed E-state index contributed by atoms with van der Waals surface area (Å²) in [6.07, 6.45) is 1.95. The van der Waals surface area contributed by atoms with E-state index in [4.69, 9.17) is 19.9 Å². The lowest BCUT2D eigenvalue weighted by Crippen LogP contribution is -2.60. The third-order valence-corrected chi connectivity index (χ3v) is 10.8. The SMILES string of the molecule is C[C@@H](NC(=O)[C@H](Cc1ccccc1)NC(=O)[C@H](COCc1ccccc1)NC(=O)[C@H](Cc1ccc(OCc2ccccc2)cc1)NC(=O)[C@H](Cc1cnc[nH]1)NC(=O)OCc1ccccc1)C(N)=O. The number of rotatable bonds is 25. The predicted molar refractivity (Wildman–Crippen MR) is 256 cm³/mol. The number of benzene rings is 5. The Hall–Kier alpha value is -8.31. The molecule has 358 valence electrons. The number of nitrogens with one attached hydrogen (secondary N) is 6. The molecule has 17 nitrogen and oxygen atoms in total. The maximum atomic E-state index is 14.7. The van der Waals surface area contributed by atoms with Gasteiger partial charge in [0.05, 0.1) is 19.5 Å². The first-order chi connectivity index (χ1) is 33.5. The first-order valence-electron chi connectivity index (χ1n) is 22.4. The van der Waals surface area contributed by atoms with Crippen molar-refractivity contribution in [3.63, 3.8) is 0 Å². The number of hydrogen-bond donors (Lipinski definition) is 7. The van der Waals surface area contributed by atoms with Crippen LogP contribution in [-0.4, -0.2) is 82.4 Å². The Morgan fingerprint density at radius 1 is 0.522 bits per heavy atom. The summed E-state index contributed by atoms with van der Waals surface area (Å²) in [7, 11) is 0. The van der Waals surface area contributed by atoms with Crippen LogP contribution in [0.1, 0.15) is 40.4 Å². The predicted octanol–water partition coefficient (Wildman–Crippen LogP) is 3.97. The van der Waals surface area contributed by atoms with Gasteiger partial charge in [0.1, 0.15) is 49.2 Å². The van der Waals surface area contributed by atoms with E-state index in [1.54, 1.807) is 78.9 Å². The molecule has 8 N–H and O–H groups in total. The number of alkyl carbamates (subject to hydrolysis) is 1. The number of imidazole rings is 1. The molecule has 0 aliphatic heterocycles. The second kappa shape index (κ2) is 26.1. The number of carbonyl (C=O) groups is 6. The number of ether oxygens (including phenoxy) is 3. The van der Waals surface area contributed by atoms with Gasteiger partial charge in [-0.2, -0.15) is 0 Å². The van der Waals surface area contributed by atoms with Crippen LogP contribution in [-0.2, 0) is 72.5 Å². The minimum Gasteiger partial charge on any atom is -0.489 e. The number of aromatic amines is 1. The van der Waals surface area contributed by atoms with E-state index >= 15 is 0 Å². The lowest BCUT2D eigenvalue weighted by Gasteiger charge is -2.27. The maximum Gasteiger partial charge on any atom is 0.408 e. The van der Waals surface area contributed by atoms with Crippen molar-refractivity contribution >= 4 is 35.6 Å². The molecule has 6 rings (SSSR count). The Bertz CT molecular complexity index is 2550. The summed E-state index contributed by atoms with van der Waals surface area (Å²) in [6.45, 7) is 1.41. The summed E-state index contributed by atoms with van der Waals surface area (Å²) in [4.78, 5) is 89.1. The molecule has 0 unspecified atom stereocenters. The van der Waals surface area contributed by atoms with Gasteiger partial charge in [-0.15, -0.1) is 0 Å². The van der Waals surface area contributed by atoms with Crippen LogP contribution < -0.4 is 37.1 Å². The fourth-order valence-electron chi connectivity index (χ4n) is 6.95. The Labute approximate surface area is 399 Å². The van der Waals surface area contributed by atoms with Gasteiger partial charge in [0.2, 0.25) is 29.5 Å². The zero-order valence-corrected chi connectivity index (χ0v) is 38.0. The number of carbonyl (C=O) groups excluding carboxylic acids is 6. The lowest BCUT2D eigenvalue weighted by atomic mass is 10.0. The first kappa shape index (κ1) is 50.1. The highest BCUT2D eigenvalue weighted by molar-refractivity contribution is 5.96. The molecule has 1 aromatic heterocycles. The highest BCUT2D eigenvalue weighted by Gasteiger charge is 2.33.